The highest BCUT2D eigenvalue weighted by Gasteiger charge is 2.52. The van der Waals surface area contributed by atoms with Crippen molar-refractivity contribution in [3.8, 4) is 0 Å². The average molecular weight is 481 g/mol. The van der Waals surface area contributed by atoms with Gasteiger partial charge in [0, 0.05) is 31.7 Å². The van der Waals surface area contributed by atoms with Crippen LogP contribution in [-0.4, -0.2) is 67.4 Å². The lowest BCUT2D eigenvalue weighted by Gasteiger charge is -2.38. The van der Waals surface area contributed by atoms with E-state index in [1.54, 1.807) is 11.0 Å². The van der Waals surface area contributed by atoms with Gasteiger partial charge < -0.3 is 14.9 Å². The SMILES string of the molecule is O=C(c1nc2c(C(F)(F)F)cc(C3CC3)cn2c1Cl)N1CCN(C2CC3=CC3(O)C2)C(=O)C1. The number of imidazole rings is 1. The smallest absolute Gasteiger partial charge is 0.381 e. The molecule has 33 heavy (non-hydrogen) atoms. The van der Waals surface area contributed by atoms with Crippen LogP contribution in [0.3, 0.4) is 0 Å². The standard InChI is InChI=1S/C22H20ClF3N4O3/c23-18-17(27-19-15(22(24,25)26)5-12(9-30(18)19)11-1-2-11)20(32)28-3-4-29(16(31)10-28)14-6-13-7-21(13,33)8-14/h5,7,9,11,14,33H,1-4,6,8,10H2. The largest absolute Gasteiger partial charge is 0.419 e. The second-order valence-electron chi connectivity index (χ2n) is 9.37. The zero-order valence-corrected chi connectivity index (χ0v) is 18.2. The van der Waals surface area contributed by atoms with Crippen molar-refractivity contribution < 1.29 is 27.9 Å². The Kier molecular flexibility index (Phi) is 4.28. The summed E-state index contributed by atoms with van der Waals surface area (Å²) in [5.74, 6) is -0.889. The summed E-state index contributed by atoms with van der Waals surface area (Å²) >= 11 is 6.35. The third-order valence-corrected chi connectivity index (χ3v) is 7.47. The lowest BCUT2D eigenvalue weighted by atomic mass is 10.1. The Morgan fingerprint density at radius 3 is 2.64 bits per heavy atom. The Morgan fingerprint density at radius 2 is 2.03 bits per heavy atom. The van der Waals surface area contributed by atoms with Crippen LogP contribution in [0.15, 0.2) is 23.9 Å². The molecule has 3 fully saturated rings. The molecular weight excluding hydrogens is 461 g/mol. The number of piperazine rings is 1. The van der Waals surface area contributed by atoms with Crippen molar-refractivity contribution in [1.82, 2.24) is 19.2 Å². The van der Waals surface area contributed by atoms with E-state index in [0.717, 1.165) is 28.9 Å². The minimum atomic E-state index is -4.65. The van der Waals surface area contributed by atoms with Crippen molar-refractivity contribution in [1.29, 1.82) is 0 Å². The first-order valence-corrected chi connectivity index (χ1v) is 11.2. The first kappa shape index (κ1) is 21.0. The minimum absolute atomic E-state index is 0.0502. The predicted octanol–water partition coefficient (Wildman–Crippen LogP) is 3.00. The topological polar surface area (TPSA) is 78.2 Å². The molecule has 4 aliphatic rings. The van der Waals surface area contributed by atoms with E-state index in [9.17, 15) is 27.9 Å². The van der Waals surface area contributed by atoms with Gasteiger partial charge in [-0.2, -0.15) is 13.2 Å². The highest BCUT2D eigenvalue weighted by Crippen LogP contribution is 2.50. The van der Waals surface area contributed by atoms with Gasteiger partial charge in [0.25, 0.3) is 5.91 Å². The van der Waals surface area contributed by atoms with Gasteiger partial charge in [-0.1, -0.05) is 11.6 Å². The fourth-order valence-electron chi connectivity index (χ4n) is 5.10. The maximum absolute atomic E-state index is 13.7. The number of hydrogen-bond donors (Lipinski definition) is 1. The monoisotopic (exact) mass is 480 g/mol. The molecule has 0 aromatic carbocycles. The normalized spacial score (nSPS) is 27.2. The number of amides is 2. The van der Waals surface area contributed by atoms with E-state index in [0.29, 0.717) is 18.4 Å². The Hall–Kier alpha value is -2.59. The molecular formula is C22H20ClF3N4O3. The van der Waals surface area contributed by atoms with Gasteiger partial charge >= 0.3 is 6.18 Å². The van der Waals surface area contributed by atoms with Crippen molar-refractivity contribution in [2.75, 3.05) is 19.6 Å². The Balaban J connectivity index is 1.27. The Bertz CT molecular complexity index is 1250. The van der Waals surface area contributed by atoms with Crippen LogP contribution in [0.2, 0.25) is 5.15 Å². The van der Waals surface area contributed by atoms with Crippen LogP contribution >= 0.6 is 11.6 Å². The number of hydrogen-bond acceptors (Lipinski definition) is 4. The Morgan fingerprint density at radius 1 is 1.27 bits per heavy atom. The molecule has 0 radical (unpaired) electrons. The maximum Gasteiger partial charge on any atom is 0.419 e. The molecule has 6 rings (SSSR count). The van der Waals surface area contributed by atoms with Crippen LogP contribution in [-0.2, 0) is 11.0 Å². The average Bonchev–Trinajstić information content (AvgIpc) is 3.65. The van der Waals surface area contributed by atoms with Crippen molar-refractivity contribution in [2.45, 2.75) is 49.4 Å². The molecule has 0 spiro atoms. The van der Waals surface area contributed by atoms with E-state index in [4.69, 9.17) is 11.6 Å². The molecule has 2 saturated carbocycles. The van der Waals surface area contributed by atoms with Gasteiger partial charge in [0.2, 0.25) is 5.91 Å². The molecule has 3 aliphatic carbocycles. The molecule has 2 amide bonds. The summed E-state index contributed by atoms with van der Waals surface area (Å²) < 4.78 is 42.3. The molecule has 2 aromatic heterocycles. The first-order chi connectivity index (χ1) is 15.5. The Labute approximate surface area is 191 Å². The highest BCUT2D eigenvalue weighted by atomic mass is 35.5. The van der Waals surface area contributed by atoms with E-state index >= 15 is 0 Å². The van der Waals surface area contributed by atoms with E-state index in [2.05, 4.69) is 4.98 Å². The molecule has 2 atom stereocenters. The maximum atomic E-state index is 13.7. The van der Waals surface area contributed by atoms with Crippen molar-refractivity contribution >= 4 is 29.1 Å². The third-order valence-electron chi connectivity index (χ3n) is 7.11. The molecule has 11 heteroatoms. The summed E-state index contributed by atoms with van der Waals surface area (Å²) in [6.07, 6.45) is 1.36. The first-order valence-electron chi connectivity index (χ1n) is 10.9. The predicted molar refractivity (Wildman–Crippen MR) is 111 cm³/mol. The zero-order chi connectivity index (χ0) is 23.3. The van der Waals surface area contributed by atoms with E-state index in [-0.39, 0.29) is 48.3 Å². The molecule has 1 saturated heterocycles. The number of rotatable bonds is 3. The number of alkyl halides is 3. The number of aliphatic hydroxyl groups is 1. The molecule has 174 valence electrons. The molecule has 1 aliphatic heterocycles. The van der Waals surface area contributed by atoms with E-state index in [1.165, 1.54) is 11.1 Å². The number of carbonyl (C=O) groups is 2. The number of pyridine rings is 1. The lowest BCUT2D eigenvalue weighted by molar-refractivity contribution is -0.138. The van der Waals surface area contributed by atoms with Gasteiger partial charge in [-0.25, -0.2) is 4.98 Å². The summed E-state index contributed by atoms with van der Waals surface area (Å²) in [4.78, 5) is 32.8. The third kappa shape index (κ3) is 3.33. The summed E-state index contributed by atoms with van der Waals surface area (Å²) in [5, 5.41) is 9.99. The van der Waals surface area contributed by atoms with Crippen LogP contribution < -0.4 is 0 Å². The van der Waals surface area contributed by atoms with Crippen molar-refractivity contribution in [3.63, 3.8) is 0 Å². The van der Waals surface area contributed by atoms with Gasteiger partial charge in [-0.15, -0.1) is 0 Å². The van der Waals surface area contributed by atoms with Crippen LogP contribution in [0.4, 0.5) is 13.2 Å². The van der Waals surface area contributed by atoms with Crippen LogP contribution in [0.5, 0.6) is 0 Å². The summed E-state index contributed by atoms with van der Waals surface area (Å²) in [7, 11) is 0. The lowest BCUT2D eigenvalue weighted by Crippen LogP contribution is -2.55. The van der Waals surface area contributed by atoms with Crippen LogP contribution in [0.1, 0.15) is 53.2 Å². The van der Waals surface area contributed by atoms with E-state index < -0.39 is 28.9 Å². The van der Waals surface area contributed by atoms with Crippen molar-refractivity contribution in [3.05, 3.63) is 45.9 Å². The van der Waals surface area contributed by atoms with Gasteiger partial charge in [0.1, 0.15) is 17.3 Å². The van der Waals surface area contributed by atoms with Gasteiger partial charge in [-0.3, -0.25) is 14.0 Å². The fourth-order valence-corrected chi connectivity index (χ4v) is 5.35. The van der Waals surface area contributed by atoms with Crippen LogP contribution in [0, 0.1) is 0 Å². The second-order valence-corrected chi connectivity index (χ2v) is 9.73. The van der Waals surface area contributed by atoms with Crippen molar-refractivity contribution in [2.24, 2.45) is 0 Å². The number of fused-ring (bicyclic) bond motifs is 2. The summed E-state index contributed by atoms with van der Waals surface area (Å²) in [6.45, 7) is 0.280. The molecule has 1 N–H and O–H groups in total. The molecule has 3 heterocycles. The number of aromatic nitrogens is 2. The number of halogens is 4. The summed E-state index contributed by atoms with van der Waals surface area (Å²) in [5.41, 5.74) is -1.03. The highest BCUT2D eigenvalue weighted by molar-refractivity contribution is 6.33. The van der Waals surface area contributed by atoms with Crippen LogP contribution in [0.25, 0.3) is 5.65 Å². The number of nitrogens with zero attached hydrogens (tertiary/aromatic N) is 4. The van der Waals surface area contributed by atoms with E-state index in [1.807, 2.05) is 0 Å². The van der Waals surface area contributed by atoms with Gasteiger partial charge in [0.15, 0.2) is 11.3 Å². The number of carbonyl (C=O) groups excluding carboxylic acids is 2. The van der Waals surface area contributed by atoms with Gasteiger partial charge in [0.05, 0.1) is 5.56 Å². The quantitative estimate of drug-likeness (QED) is 0.685. The molecule has 0 bridgehead atoms. The molecule has 2 unspecified atom stereocenters. The fraction of sp³-hybridized carbons (Fsp3) is 0.500. The molecule has 2 aromatic rings. The minimum Gasteiger partial charge on any atom is -0.381 e. The zero-order valence-electron chi connectivity index (χ0n) is 17.4. The molecule has 7 nitrogen and oxygen atoms in total. The van der Waals surface area contributed by atoms with Gasteiger partial charge in [-0.05, 0) is 48.5 Å². The second kappa shape index (κ2) is 6.73. The summed E-state index contributed by atoms with van der Waals surface area (Å²) in [6, 6.07) is 0.983.